The number of carboxylic acid groups (broad SMARTS) is 1. The zero-order valence-electron chi connectivity index (χ0n) is 10.4. The van der Waals surface area contributed by atoms with Crippen LogP contribution in [0.25, 0.3) is 0 Å². The van der Waals surface area contributed by atoms with Crippen molar-refractivity contribution >= 4 is 5.97 Å². The second kappa shape index (κ2) is 5.68. The first-order valence-corrected chi connectivity index (χ1v) is 5.65. The molecular formula is C13H18O4. The fourth-order valence-electron chi connectivity index (χ4n) is 1.59. The first kappa shape index (κ1) is 13.5. The van der Waals surface area contributed by atoms with Gasteiger partial charge < -0.3 is 14.6 Å². The Hall–Kier alpha value is -1.55. The Balaban J connectivity index is 2.99. The van der Waals surface area contributed by atoms with E-state index >= 15 is 0 Å². The summed E-state index contributed by atoms with van der Waals surface area (Å²) in [7, 11) is 0. The Morgan fingerprint density at radius 3 is 2.24 bits per heavy atom. The molecule has 0 aromatic heterocycles. The highest BCUT2D eigenvalue weighted by atomic mass is 16.5. The van der Waals surface area contributed by atoms with Crippen LogP contribution in [0.15, 0.2) is 24.3 Å². The molecule has 1 unspecified atom stereocenters. The maximum Gasteiger partial charge on any atom is 0.340 e. The summed E-state index contributed by atoms with van der Waals surface area (Å²) in [6.07, 6.45) is 0. The first-order chi connectivity index (χ1) is 8.04. The minimum atomic E-state index is -1.31. The van der Waals surface area contributed by atoms with E-state index in [0.29, 0.717) is 18.8 Å². The van der Waals surface area contributed by atoms with Gasteiger partial charge in [-0.15, -0.1) is 0 Å². The quantitative estimate of drug-likeness (QED) is 0.827. The van der Waals surface area contributed by atoms with Crippen LogP contribution >= 0.6 is 0 Å². The van der Waals surface area contributed by atoms with Crippen LogP contribution in [0, 0.1) is 0 Å². The van der Waals surface area contributed by atoms with Gasteiger partial charge in [0.05, 0.1) is 6.61 Å². The van der Waals surface area contributed by atoms with E-state index < -0.39 is 11.6 Å². The second-order valence-electron chi connectivity index (χ2n) is 3.73. The van der Waals surface area contributed by atoms with Crippen molar-refractivity contribution in [1.82, 2.24) is 0 Å². The Labute approximate surface area is 101 Å². The van der Waals surface area contributed by atoms with Crippen molar-refractivity contribution in [1.29, 1.82) is 0 Å². The van der Waals surface area contributed by atoms with E-state index in [9.17, 15) is 9.90 Å². The SMILES string of the molecule is CCOc1ccc(C(C)(OCC)C(=O)O)cc1. The average molecular weight is 238 g/mol. The third kappa shape index (κ3) is 2.97. The van der Waals surface area contributed by atoms with Crippen LogP contribution < -0.4 is 4.74 Å². The molecule has 0 aliphatic rings. The molecule has 0 aliphatic heterocycles. The zero-order valence-corrected chi connectivity index (χ0v) is 10.4. The van der Waals surface area contributed by atoms with Gasteiger partial charge in [0.1, 0.15) is 5.75 Å². The maximum absolute atomic E-state index is 11.3. The third-order valence-electron chi connectivity index (χ3n) is 2.56. The summed E-state index contributed by atoms with van der Waals surface area (Å²) in [4.78, 5) is 11.3. The van der Waals surface area contributed by atoms with Crippen LogP contribution in [-0.4, -0.2) is 24.3 Å². The van der Waals surface area contributed by atoms with Crippen molar-refractivity contribution in [3.05, 3.63) is 29.8 Å². The molecule has 0 saturated carbocycles. The first-order valence-electron chi connectivity index (χ1n) is 5.65. The third-order valence-corrected chi connectivity index (χ3v) is 2.56. The van der Waals surface area contributed by atoms with Gasteiger partial charge in [-0.25, -0.2) is 4.79 Å². The molecule has 4 heteroatoms. The van der Waals surface area contributed by atoms with Gasteiger partial charge in [-0.3, -0.25) is 0 Å². The van der Waals surface area contributed by atoms with Gasteiger partial charge in [0.25, 0.3) is 0 Å². The molecule has 1 aromatic carbocycles. The van der Waals surface area contributed by atoms with Crippen LogP contribution in [-0.2, 0) is 15.1 Å². The highest BCUT2D eigenvalue weighted by Gasteiger charge is 2.35. The molecule has 0 bridgehead atoms. The molecule has 4 nitrogen and oxygen atoms in total. The molecule has 1 aromatic rings. The molecule has 0 aliphatic carbocycles. The number of carbonyl (C=O) groups is 1. The van der Waals surface area contributed by atoms with E-state index in [4.69, 9.17) is 9.47 Å². The van der Waals surface area contributed by atoms with Gasteiger partial charge in [0.15, 0.2) is 5.60 Å². The Morgan fingerprint density at radius 1 is 1.24 bits per heavy atom. The minimum Gasteiger partial charge on any atom is -0.494 e. The van der Waals surface area contributed by atoms with Crippen molar-refractivity contribution in [2.75, 3.05) is 13.2 Å². The summed E-state index contributed by atoms with van der Waals surface area (Å²) < 4.78 is 10.6. The molecule has 1 N–H and O–H groups in total. The lowest BCUT2D eigenvalue weighted by Crippen LogP contribution is -2.35. The molecular weight excluding hydrogens is 220 g/mol. The molecule has 0 heterocycles. The Bertz CT molecular complexity index is 372. The van der Waals surface area contributed by atoms with E-state index in [-0.39, 0.29) is 0 Å². The number of aliphatic carboxylic acids is 1. The van der Waals surface area contributed by atoms with Crippen molar-refractivity contribution in [2.24, 2.45) is 0 Å². The molecule has 0 amide bonds. The lowest BCUT2D eigenvalue weighted by molar-refractivity contribution is -0.164. The van der Waals surface area contributed by atoms with Crippen LogP contribution in [0.1, 0.15) is 26.3 Å². The van der Waals surface area contributed by atoms with E-state index in [1.54, 1.807) is 38.1 Å². The van der Waals surface area contributed by atoms with Gasteiger partial charge >= 0.3 is 5.97 Å². The summed E-state index contributed by atoms with van der Waals surface area (Å²) in [5, 5.41) is 9.23. The highest BCUT2D eigenvalue weighted by Crippen LogP contribution is 2.27. The van der Waals surface area contributed by atoms with E-state index in [1.165, 1.54) is 0 Å². The summed E-state index contributed by atoms with van der Waals surface area (Å²) in [6.45, 7) is 6.15. The van der Waals surface area contributed by atoms with Crippen LogP contribution in [0.4, 0.5) is 0 Å². The number of ether oxygens (including phenoxy) is 2. The second-order valence-corrected chi connectivity index (χ2v) is 3.73. The molecule has 17 heavy (non-hydrogen) atoms. The standard InChI is InChI=1S/C13H18O4/c1-4-16-11-8-6-10(7-9-11)13(3,12(14)15)17-5-2/h6-9H,4-5H2,1-3H3,(H,14,15). The van der Waals surface area contributed by atoms with Gasteiger partial charge in [-0.2, -0.15) is 0 Å². The normalized spacial score (nSPS) is 14.1. The fourth-order valence-corrected chi connectivity index (χ4v) is 1.59. The number of hydrogen-bond donors (Lipinski definition) is 1. The number of carboxylic acids is 1. The largest absolute Gasteiger partial charge is 0.494 e. The van der Waals surface area contributed by atoms with E-state index in [0.717, 1.165) is 5.75 Å². The van der Waals surface area contributed by atoms with Gasteiger partial charge in [-0.1, -0.05) is 12.1 Å². The summed E-state index contributed by atoms with van der Waals surface area (Å²) in [6, 6.07) is 6.93. The Morgan fingerprint density at radius 2 is 1.82 bits per heavy atom. The van der Waals surface area contributed by atoms with Crippen molar-refractivity contribution < 1.29 is 19.4 Å². The van der Waals surface area contributed by atoms with Crippen molar-refractivity contribution in [3.8, 4) is 5.75 Å². The monoisotopic (exact) mass is 238 g/mol. The molecule has 0 radical (unpaired) electrons. The summed E-state index contributed by atoms with van der Waals surface area (Å²) in [5.74, 6) is -0.274. The zero-order chi connectivity index (χ0) is 12.9. The van der Waals surface area contributed by atoms with Crippen LogP contribution in [0.2, 0.25) is 0 Å². The van der Waals surface area contributed by atoms with E-state index in [2.05, 4.69) is 0 Å². The summed E-state index contributed by atoms with van der Waals surface area (Å²) in [5.41, 5.74) is -0.699. The summed E-state index contributed by atoms with van der Waals surface area (Å²) >= 11 is 0. The predicted molar refractivity (Wildman–Crippen MR) is 64.2 cm³/mol. The van der Waals surface area contributed by atoms with Crippen molar-refractivity contribution in [3.63, 3.8) is 0 Å². The molecule has 1 rings (SSSR count). The van der Waals surface area contributed by atoms with Gasteiger partial charge in [-0.05, 0) is 38.5 Å². The lowest BCUT2D eigenvalue weighted by atomic mass is 9.96. The van der Waals surface area contributed by atoms with Crippen LogP contribution in [0.3, 0.4) is 0 Å². The minimum absolute atomic E-state index is 0.343. The van der Waals surface area contributed by atoms with Gasteiger partial charge in [0.2, 0.25) is 0 Å². The van der Waals surface area contributed by atoms with E-state index in [1.807, 2.05) is 6.92 Å². The average Bonchev–Trinajstić information content (AvgIpc) is 2.30. The lowest BCUT2D eigenvalue weighted by Gasteiger charge is -2.25. The molecule has 0 saturated heterocycles. The molecule has 0 fully saturated rings. The van der Waals surface area contributed by atoms with Crippen molar-refractivity contribution in [2.45, 2.75) is 26.4 Å². The molecule has 94 valence electrons. The number of rotatable bonds is 6. The predicted octanol–water partition coefficient (Wildman–Crippen LogP) is 2.42. The Kier molecular flexibility index (Phi) is 4.52. The smallest absolute Gasteiger partial charge is 0.340 e. The molecule has 0 spiro atoms. The topological polar surface area (TPSA) is 55.8 Å². The number of hydrogen-bond acceptors (Lipinski definition) is 3. The highest BCUT2D eigenvalue weighted by molar-refractivity contribution is 5.79. The molecule has 1 atom stereocenters. The fraction of sp³-hybridized carbons (Fsp3) is 0.462. The maximum atomic E-state index is 11.3. The number of benzene rings is 1. The van der Waals surface area contributed by atoms with Crippen LogP contribution in [0.5, 0.6) is 5.75 Å². The van der Waals surface area contributed by atoms with Gasteiger partial charge in [0, 0.05) is 6.61 Å².